The van der Waals surface area contributed by atoms with Gasteiger partial charge in [-0.2, -0.15) is 0 Å². The van der Waals surface area contributed by atoms with E-state index in [1.165, 1.54) is 16.3 Å². The van der Waals surface area contributed by atoms with E-state index in [0.717, 1.165) is 17.2 Å². The lowest BCUT2D eigenvalue weighted by Crippen LogP contribution is -1.86. The Morgan fingerprint density at radius 2 is 1.80 bits per heavy atom. The summed E-state index contributed by atoms with van der Waals surface area (Å²) in [5.41, 5.74) is 1.22. The molecule has 0 heterocycles. The fourth-order valence-electron chi connectivity index (χ4n) is 1.65. The van der Waals surface area contributed by atoms with Crippen LogP contribution in [-0.2, 0) is 11.2 Å². The highest BCUT2D eigenvalue weighted by molar-refractivity contribution is 9.10. The Hall–Kier alpha value is -1.15. The van der Waals surface area contributed by atoms with Gasteiger partial charge in [-0.05, 0) is 34.9 Å². The maximum absolute atomic E-state index is 10.3. The van der Waals surface area contributed by atoms with Crippen LogP contribution in [0.25, 0.3) is 10.8 Å². The first-order valence-electron chi connectivity index (χ1n) is 4.91. The lowest BCUT2D eigenvalue weighted by molar-refractivity contribution is -0.107. The molecule has 0 aliphatic heterocycles. The third-order valence-electron chi connectivity index (χ3n) is 2.42. The Bertz CT molecular complexity index is 491. The van der Waals surface area contributed by atoms with Crippen molar-refractivity contribution in [3.63, 3.8) is 0 Å². The molecule has 76 valence electrons. The van der Waals surface area contributed by atoms with Gasteiger partial charge in [-0.3, -0.25) is 0 Å². The van der Waals surface area contributed by atoms with Gasteiger partial charge in [0.1, 0.15) is 6.29 Å². The monoisotopic (exact) mass is 262 g/mol. The minimum absolute atomic E-state index is 0.599. The summed E-state index contributed by atoms with van der Waals surface area (Å²) in [6.07, 6.45) is 2.39. The molecule has 0 bridgehead atoms. The van der Waals surface area contributed by atoms with Gasteiger partial charge in [0.05, 0.1) is 0 Å². The summed E-state index contributed by atoms with van der Waals surface area (Å²) in [5, 5.41) is 2.45. The second-order valence-corrected chi connectivity index (χ2v) is 4.45. The third kappa shape index (κ3) is 2.45. The van der Waals surface area contributed by atoms with Gasteiger partial charge in [-0.1, -0.05) is 40.2 Å². The molecule has 1 nitrogen and oxygen atoms in total. The van der Waals surface area contributed by atoms with Crippen molar-refractivity contribution in [1.82, 2.24) is 0 Å². The molecule has 0 saturated heterocycles. The summed E-state index contributed by atoms with van der Waals surface area (Å²) in [6.45, 7) is 0. The van der Waals surface area contributed by atoms with Crippen LogP contribution in [0.4, 0.5) is 0 Å². The van der Waals surface area contributed by atoms with E-state index in [0.29, 0.717) is 6.42 Å². The zero-order valence-corrected chi connectivity index (χ0v) is 9.83. The van der Waals surface area contributed by atoms with E-state index in [-0.39, 0.29) is 0 Å². The van der Waals surface area contributed by atoms with E-state index in [2.05, 4.69) is 46.3 Å². The summed E-state index contributed by atoms with van der Waals surface area (Å²) >= 11 is 3.45. The number of aldehydes is 1. The molecule has 0 saturated carbocycles. The largest absolute Gasteiger partial charge is 0.303 e. The SMILES string of the molecule is O=CCCc1ccc2cc(Br)ccc2c1. The fraction of sp³-hybridized carbons (Fsp3) is 0.154. The molecule has 0 aliphatic carbocycles. The van der Waals surface area contributed by atoms with Gasteiger partial charge in [-0.25, -0.2) is 0 Å². The highest BCUT2D eigenvalue weighted by Crippen LogP contribution is 2.21. The molecule has 0 atom stereocenters. The van der Waals surface area contributed by atoms with Crippen molar-refractivity contribution in [3.05, 3.63) is 46.4 Å². The smallest absolute Gasteiger partial charge is 0.120 e. The molecule has 2 aromatic carbocycles. The number of halogens is 1. The van der Waals surface area contributed by atoms with Crippen molar-refractivity contribution in [2.75, 3.05) is 0 Å². The molecule has 2 aromatic rings. The summed E-state index contributed by atoms with van der Waals surface area (Å²) < 4.78 is 1.09. The van der Waals surface area contributed by atoms with Gasteiger partial charge >= 0.3 is 0 Å². The van der Waals surface area contributed by atoms with Crippen molar-refractivity contribution >= 4 is 33.0 Å². The molecule has 0 aliphatic rings. The molecule has 15 heavy (non-hydrogen) atoms. The Labute approximate surface area is 97.2 Å². The van der Waals surface area contributed by atoms with Crippen LogP contribution in [-0.4, -0.2) is 6.29 Å². The zero-order chi connectivity index (χ0) is 10.7. The quantitative estimate of drug-likeness (QED) is 0.771. The van der Waals surface area contributed by atoms with Crippen LogP contribution in [0.5, 0.6) is 0 Å². The van der Waals surface area contributed by atoms with E-state index < -0.39 is 0 Å². The van der Waals surface area contributed by atoms with E-state index >= 15 is 0 Å². The number of hydrogen-bond acceptors (Lipinski definition) is 1. The predicted molar refractivity (Wildman–Crippen MR) is 66.0 cm³/mol. The number of rotatable bonds is 3. The van der Waals surface area contributed by atoms with E-state index in [4.69, 9.17) is 0 Å². The lowest BCUT2D eigenvalue weighted by Gasteiger charge is -2.02. The van der Waals surface area contributed by atoms with Gasteiger partial charge in [0.2, 0.25) is 0 Å². The Balaban J connectivity index is 2.38. The first-order valence-corrected chi connectivity index (χ1v) is 5.71. The molecule has 0 fully saturated rings. The van der Waals surface area contributed by atoms with Crippen LogP contribution in [0.1, 0.15) is 12.0 Å². The summed E-state index contributed by atoms with van der Waals surface area (Å²) in [5.74, 6) is 0. The fourth-order valence-corrected chi connectivity index (χ4v) is 2.03. The molecule has 0 aromatic heterocycles. The van der Waals surface area contributed by atoms with Crippen LogP contribution >= 0.6 is 15.9 Å². The Kier molecular flexibility index (Phi) is 3.17. The molecule has 0 radical (unpaired) electrons. The minimum atomic E-state index is 0.599. The molecule has 0 spiro atoms. The molecular formula is C13H11BrO. The highest BCUT2D eigenvalue weighted by Gasteiger charge is 1.97. The van der Waals surface area contributed by atoms with E-state index in [1.807, 2.05) is 6.07 Å². The average molecular weight is 263 g/mol. The number of carbonyl (C=O) groups excluding carboxylic acids is 1. The van der Waals surface area contributed by atoms with Crippen molar-refractivity contribution in [1.29, 1.82) is 0 Å². The van der Waals surface area contributed by atoms with Gasteiger partial charge in [0.15, 0.2) is 0 Å². The Morgan fingerprint density at radius 1 is 1.07 bits per heavy atom. The van der Waals surface area contributed by atoms with Gasteiger partial charge < -0.3 is 4.79 Å². The van der Waals surface area contributed by atoms with Crippen LogP contribution in [0.3, 0.4) is 0 Å². The zero-order valence-electron chi connectivity index (χ0n) is 8.24. The van der Waals surface area contributed by atoms with Gasteiger partial charge in [0, 0.05) is 10.9 Å². The van der Waals surface area contributed by atoms with Crippen LogP contribution < -0.4 is 0 Å². The molecule has 0 amide bonds. The van der Waals surface area contributed by atoms with Crippen molar-refractivity contribution in [3.8, 4) is 0 Å². The molecule has 0 N–H and O–H groups in total. The topological polar surface area (TPSA) is 17.1 Å². The number of benzene rings is 2. The normalized spacial score (nSPS) is 10.5. The lowest BCUT2D eigenvalue weighted by atomic mass is 10.0. The molecule has 2 rings (SSSR count). The maximum atomic E-state index is 10.3. The standard InChI is InChI=1S/C13H11BrO/c14-13-6-5-11-8-10(2-1-7-15)3-4-12(11)9-13/h3-9H,1-2H2. The van der Waals surface area contributed by atoms with Crippen LogP contribution in [0.2, 0.25) is 0 Å². The number of aryl methyl sites for hydroxylation is 1. The second-order valence-electron chi connectivity index (χ2n) is 3.53. The van der Waals surface area contributed by atoms with E-state index in [1.54, 1.807) is 0 Å². The highest BCUT2D eigenvalue weighted by atomic mass is 79.9. The molecular weight excluding hydrogens is 252 g/mol. The van der Waals surface area contributed by atoms with Gasteiger partial charge in [0.25, 0.3) is 0 Å². The van der Waals surface area contributed by atoms with Crippen molar-refractivity contribution in [2.24, 2.45) is 0 Å². The summed E-state index contributed by atoms with van der Waals surface area (Å²) in [7, 11) is 0. The predicted octanol–water partition coefficient (Wildman–Crippen LogP) is 3.73. The van der Waals surface area contributed by atoms with Crippen molar-refractivity contribution in [2.45, 2.75) is 12.8 Å². The second kappa shape index (κ2) is 4.58. The minimum Gasteiger partial charge on any atom is -0.303 e. The maximum Gasteiger partial charge on any atom is 0.120 e. The molecule has 0 unspecified atom stereocenters. The molecule has 2 heteroatoms. The average Bonchev–Trinajstić information content (AvgIpc) is 2.26. The van der Waals surface area contributed by atoms with Crippen molar-refractivity contribution < 1.29 is 4.79 Å². The number of fused-ring (bicyclic) bond motifs is 1. The Morgan fingerprint density at radius 3 is 2.60 bits per heavy atom. The third-order valence-corrected chi connectivity index (χ3v) is 2.91. The van der Waals surface area contributed by atoms with E-state index in [9.17, 15) is 4.79 Å². The number of hydrogen-bond donors (Lipinski definition) is 0. The van der Waals surface area contributed by atoms with Crippen LogP contribution in [0.15, 0.2) is 40.9 Å². The van der Waals surface area contributed by atoms with Crippen LogP contribution in [0, 0.1) is 0 Å². The number of carbonyl (C=O) groups is 1. The van der Waals surface area contributed by atoms with Gasteiger partial charge in [-0.15, -0.1) is 0 Å². The first kappa shape index (κ1) is 10.4. The summed E-state index contributed by atoms with van der Waals surface area (Å²) in [4.78, 5) is 10.3. The summed E-state index contributed by atoms with van der Waals surface area (Å²) in [6, 6.07) is 12.5. The first-order chi connectivity index (χ1) is 7.29.